The molecule has 0 fully saturated rings. The fourth-order valence-electron chi connectivity index (χ4n) is 3.97. The summed E-state index contributed by atoms with van der Waals surface area (Å²) in [6.07, 6.45) is -1.21. The highest BCUT2D eigenvalue weighted by Crippen LogP contribution is 2.37. The third kappa shape index (κ3) is 4.00. The summed E-state index contributed by atoms with van der Waals surface area (Å²) in [6.45, 7) is 1.59. The molecule has 1 aromatic carbocycles. The van der Waals surface area contributed by atoms with E-state index in [0.717, 1.165) is 11.1 Å². The van der Waals surface area contributed by atoms with Crippen LogP contribution in [0.5, 0.6) is 0 Å². The van der Waals surface area contributed by atoms with Crippen LogP contribution < -0.4 is 4.90 Å². The van der Waals surface area contributed by atoms with Crippen molar-refractivity contribution in [3.63, 3.8) is 0 Å². The number of aryl methyl sites for hydroxylation is 1. The Hall–Kier alpha value is -4.16. The van der Waals surface area contributed by atoms with Crippen LogP contribution in [0.2, 0.25) is 0 Å². The number of amides is 1. The van der Waals surface area contributed by atoms with E-state index in [4.69, 9.17) is 0 Å². The van der Waals surface area contributed by atoms with Gasteiger partial charge in [-0.15, -0.1) is 10.2 Å². The Bertz CT molecular complexity index is 1300. The predicted molar refractivity (Wildman–Crippen MR) is 114 cm³/mol. The predicted octanol–water partition coefficient (Wildman–Crippen LogP) is 2.50. The van der Waals surface area contributed by atoms with Gasteiger partial charge in [-0.1, -0.05) is 24.3 Å². The van der Waals surface area contributed by atoms with Gasteiger partial charge in [0.1, 0.15) is 25.0 Å². The number of aliphatic imine (C=N–C) groups is 1. The molecule has 13 heteroatoms. The van der Waals surface area contributed by atoms with Crippen molar-refractivity contribution in [3.8, 4) is 11.4 Å². The fraction of sp³-hybridized carbons (Fsp3) is 0.286. The van der Waals surface area contributed by atoms with E-state index in [9.17, 15) is 18.0 Å². The van der Waals surface area contributed by atoms with Crippen LogP contribution in [0.4, 0.5) is 19.0 Å². The molecule has 2 aromatic heterocycles. The number of benzene rings is 1. The minimum Gasteiger partial charge on any atom is -0.340 e. The third-order valence-electron chi connectivity index (χ3n) is 5.49. The summed E-state index contributed by atoms with van der Waals surface area (Å²) in [4.78, 5) is 28.0. The highest BCUT2D eigenvalue weighted by atomic mass is 19.4. The highest BCUT2D eigenvalue weighted by molar-refractivity contribution is 6.12. The van der Waals surface area contributed by atoms with Crippen LogP contribution in [0, 0.1) is 6.92 Å². The summed E-state index contributed by atoms with van der Waals surface area (Å²) >= 11 is 0. The van der Waals surface area contributed by atoms with E-state index in [1.165, 1.54) is 11.8 Å². The molecule has 34 heavy (non-hydrogen) atoms. The van der Waals surface area contributed by atoms with Crippen LogP contribution in [0.1, 0.15) is 29.1 Å². The molecule has 0 aliphatic carbocycles. The summed E-state index contributed by atoms with van der Waals surface area (Å²) in [5, 5.41) is 14.1. The highest BCUT2D eigenvalue weighted by Gasteiger charge is 2.40. The van der Waals surface area contributed by atoms with Gasteiger partial charge in [0, 0.05) is 29.3 Å². The molecule has 4 heterocycles. The van der Waals surface area contributed by atoms with Gasteiger partial charge in [-0.2, -0.15) is 18.4 Å². The Morgan fingerprint density at radius 3 is 2.59 bits per heavy atom. The van der Waals surface area contributed by atoms with Gasteiger partial charge in [0.05, 0.1) is 5.71 Å². The molecule has 0 saturated carbocycles. The van der Waals surface area contributed by atoms with Crippen molar-refractivity contribution < 1.29 is 18.0 Å². The molecule has 10 nitrogen and oxygen atoms in total. The lowest BCUT2D eigenvalue weighted by Crippen LogP contribution is -2.44. The largest absolute Gasteiger partial charge is 0.433 e. The second-order valence-electron chi connectivity index (χ2n) is 7.75. The summed E-state index contributed by atoms with van der Waals surface area (Å²) in [5.74, 6) is 0.0876. The number of aromatic amines is 1. The average Bonchev–Trinajstić information content (AvgIpc) is 3.35. The fourth-order valence-corrected chi connectivity index (χ4v) is 3.97. The van der Waals surface area contributed by atoms with Crippen LogP contribution >= 0.6 is 0 Å². The van der Waals surface area contributed by atoms with Gasteiger partial charge in [-0.05, 0) is 24.6 Å². The van der Waals surface area contributed by atoms with Crippen molar-refractivity contribution in [1.82, 2.24) is 35.5 Å². The molecule has 0 atom stereocenters. The molecular formula is C21H18F3N9O. The molecule has 0 spiro atoms. The molecule has 5 rings (SSSR count). The molecule has 2 aliphatic heterocycles. The van der Waals surface area contributed by atoms with Crippen LogP contribution in [-0.4, -0.2) is 60.4 Å². The van der Waals surface area contributed by atoms with Gasteiger partial charge in [0.15, 0.2) is 5.69 Å². The molecule has 0 radical (unpaired) electrons. The van der Waals surface area contributed by atoms with Crippen molar-refractivity contribution in [2.75, 3.05) is 18.2 Å². The number of allylic oxidation sites excluding steroid dienone is 1. The van der Waals surface area contributed by atoms with Crippen LogP contribution in [0.25, 0.3) is 11.4 Å². The van der Waals surface area contributed by atoms with Crippen molar-refractivity contribution >= 4 is 17.4 Å². The number of hydrogen-bond acceptors (Lipinski definition) is 8. The van der Waals surface area contributed by atoms with E-state index in [0.29, 0.717) is 11.5 Å². The lowest BCUT2D eigenvalue weighted by atomic mass is 10.0. The number of fused-ring (bicyclic) bond motifs is 1. The monoisotopic (exact) mass is 469 g/mol. The number of nitrogens with zero attached hydrogens (tertiary/aromatic N) is 8. The maximum Gasteiger partial charge on any atom is 0.433 e. The smallest absolute Gasteiger partial charge is 0.340 e. The second kappa shape index (κ2) is 8.32. The summed E-state index contributed by atoms with van der Waals surface area (Å²) in [7, 11) is 0. The number of hydrogen-bond donors (Lipinski definition) is 1. The number of carbonyl (C=O) groups excluding carboxylic acids is 1. The van der Waals surface area contributed by atoms with Crippen molar-refractivity contribution in [2.45, 2.75) is 25.9 Å². The minimum absolute atomic E-state index is 0.00158. The number of rotatable bonds is 4. The first-order chi connectivity index (χ1) is 16.3. The van der Waals surface area contributed by atoms with Gasteiger partial charge in [-0.3, -0.25) is 14.7 Å². The second-order valence-corrected chi connectivity index (χ2v) is 7.75. The maximum absolute atomic E-state index is 13.5. The van der Waals surface area contributed by atoms with Gasteiger partial charge in [0.25, 0.3) is 0 Å². The topological polar surface area (TPSA) is 116 Å². The van der Waals surface area contributed by atoms with Gasteiger partial charge < -0.3 is 4.90 Å². The van der Waals surface area contributed by atoms with Crippen molar-refractivity contribution in [3.05, 3.63) is 59.2 Å². The van der Waals surface area contributed by atoms with Gasteiger partial charge in [0.2, 0.25) is 11.7 Å². The van der Waals surface area contributed by atoms with Gasteiger partial charge in [-0.25, -0.2) is 9.97 Å². The zero-order chi connectivity index (χ0) is 23.9. The van der Waals surface area contributed by atoms with E-state index in [2.05, 4.69) is 35.6 Å². The average molecular weight is 469 g/mol. The number of aromatic nitrogens is 6. The quantitative estimate of drug-likeness (QED) is 0.624. The molecule has 174 valence electrons. The van der Waals surface area contributed by atoms with Crippen LogP contribution in [-0.2, 0) is 17.4 Å². The van der Waals surface area contributed by atoms with Gasteiger partial charge >= 0.3 is 6.18 Å². The summed E-state index contributed by atoms with van der Waals surface area (Å²) < 4.78 is 40.6. The number of anilines is 1. The summed E-state index contributed by atoms with van der Waals surface area (Å²) in [5.41, 5.74) is 1.19. The molecule has 3 aromatic rings. The molecule has 0 unspecified atom stereocenters. The number of halogens is 3. The Morgan fingerprint density at radius 2 is 1.91 bits per heavy atom. The van der Waals surface area contributed by atoms with E-state index in [-0.39, 0.29) is 49.3 Å². The SMILES string of the molecule is Cc1nc2c(c(C(F)(F)F)n1)CCC(=O)N2CN1C=CC(c2ccccc2-c2nn[nH]n2)=NC1. The third-order valence-corrected chi connectivity index (χ3v) is 5.49. The van der Waals surface area contributed by atoms with E-state index in [1.54, 1.807) is 17.2 Å². The molecule has 1 amide bonds. The lowest BCUT2D eigenvalue weighted by Gasteiger charge is -2.34. The van der Waals surface area contributed by atoms with Crippen molar-refractivity contribution in [2.24, 2.45) is 4.99 Å². The Labute approximate surface area is 191 Å². The molecule has 2 aliphatic rings. The minimum atomic E-state index is -4.62. The maximum atomic E-state index is 13.5. The van der Waals surface area contributed by atoms with E-state index < -0.39 is 11.9 Å². The Kier molecular flexibility index (Phi) is 5.30. The number of nitrogens with one attached hydrogen (secondary N) is 1. The first-order valence-electron chi connectivity index (χ1n) is 10.4. The lowest BCUT2D eigenvalue weighted by molar-refractivity contribution is -0.142. The molecular weight excluding hydrogens is 451 g/mol. The van der Waals surface area contributed by atoms with E-state index in [1.807, 2.05) is 24.3 Å². The number of alkyl halides is 3. The molecule has 0 saturated heterocycles. The Balaban J connectivity index is 1.39. The number of H-pyrrole nitrogens is 1. The standard InChI is InChI=1S/C21H18F3N9O/c1-12-26-18(21(22,23)24)15-6-7-17(34)33(20(15)27-12)11-32-9-8-16(25-10-32)13-4-2-3-5-14(13)19-28-30-31-29-19/h2-5,8-9H,6-7,10-11H2,1H3,(H,28,29,30,31). The first-order valence-corrected chi connectivity index (χ1v) is 10.4. The molecule has 0 bridgehead atoms. The van der Waals surface area contributed by atoms with Crippen LogP contribution in [0.15, 0.2) is 41.5 Å². The zero-order valence-corrected chi connectivity index (χ0v) is 17.9. The number of tetrazole rings is 1. The van der Waals surface area contributed by atoms with Crippen LogP contribution in [0.3, 0.4) is 0 Å². The zero-order valence-electron chi connectivity index (χ0n) is 17.9. The first kappa shape index (κ1) is 21.7. The Morgan fingerprint density at radius 1 is 1.12 bits per heavy atom. The number of carbonyl (C=O) groups is 1. The normalized spacial score (nSPS) is 16.0. The summed E-state index contributed by atoms with van der Waals surface area (Å²) in [6, 6.07) is 7.46. The van der Waals surface area contributed by atoms with Crippen molar-refractivity contribution in [1.29, 1.82) is 0 Å². The van der Waals surface area contributed by atoms with E-state index >= 15 is 0 Å². The molecule has 1 N–H and O–H groups in total.